The number of nitrogens with two attached hydrogens (primary N) is 1. The Labute approximate surface area is 120 Å². The maximum Gasteiger partial charge on any atom is 0.239 e. The Kier molecular flexibility index (Phi) is 6.95. The van der Waals surface area contributed by atoms with Gasteiger partial charge in [0.25, 0.3) is 0 Å². The summed E-state index contributed by atoms with van der Waals surface area (Å²) in [6.45, 7) is 2.72. The number of hydrogen-bond acceptors (Lipinski definition) is 3. The van der Waals surface area contributed by atoms with E-state index in [1.165, 1.54) is 4.90 Å². The number of benzene rings is 1. The molecule has 2 N–H and O–H groups in total. The van der Waals surface area contributed by atoms with E-state index in [-0.39, 0.29) is 11.9 Å². The molecule has 0 aliphatic rings. The maximum atomic E-state index is 12.1. The molecule has 0 radical (unpaired) electrons. The molecule has 0 aliphatic heterocycles. The number of nitrogens with zero attached hydrogens (tertiary/aromatic N) is 1. The molecule has 0 aromatic heterocycles. The fourth-order valence-electron chi connectivity index (χ4n) is 1.91. The topological polar surface area (TPSA) is 46.3 Å². The van der Waals surface area contributed by atoms with Crippen LogP contribution in [0.2, 0.25) is 0 Å². The third kappa shape index (κ3) is 5.25. The molecule has 106 valence electrons. The molecule has 1 rings (SSSR count). The molecule has 19 heavy (non-hydrogen) atoms. The fraction of sp³-hybridized carbons (Fsp3) is 0.533. The summed E-state index contributed by atoms with van der Waals surface area (Å²) in [5, 5.41) is 0. The van der Waals surface area contributed by atoms with Crippen LogP contribution < -0.4 is 5.73 Å². The van der Waals surface area contributed by atoms with Gasteiger partial charge in [0.15, 0.2) is 0 Å². The first-order valence-electron chi connectivity index (χ1n) is 6.72. The van der Waals surface area contributed by atoms with E-state index in [1.807, 2.05) is 7.05 Å². The molecule has 0 spiro atoms. The maximum absolute atomic E-state index is 12.1. The molecule has 3 nitrogen and oxygen atoms in total. The quantitative estimate of drug-likeness (QED) is 0.781. The third-order valence-electron chi connectivity index (χ3n) is 3.14. The van der Waals surface area contributed by atoms with Crippen molar-refractivity contribution >= 4 is 17.7 Å². The first kappa shape index (κ1) is 16.1. The van der Waals surface area contributed by atoms with Gasteiger partial charge in [-0.05, 0) is 30.4 Å². The van der Waals surface area contributed by atoms with Gasteiger partial charge < -0.3 is 10.6 Å². The lowest BCUT2D eigenvalue weighted by Gasteiger charge is -2.21. The highest BCUT2D eigenvalue weighted by Gasteiger charge is 2.17. The van der Waals surface area contributed by atoms with E-state index >= 15 is 0 Å². The van der Waals surface area contributed by atoms with E-state index in [0.29, 0.717) is 6.54 Å². The second kappa shape index (κ2) is 8.23. The smallest absolute Gasteiger partial charge is 0.239 e. The van der Waals surface area contributed by atoms with E-state index in [2.05, 4.69) is 37.4 Å². The molecule has 0 saturated heterocycles. The van der Waals surface area contributed by atoms with Gasteiger partial charge in [0, 0.05) is 18.5 Å². The van der Waals surface area contributed by atoms with Crippen LogP contribution in [0.25, 0.3) is 0 Å². The Bertz CT molecular complexity index is 392. The van der Waals surface area contributed by atoms with Gasteiger partial charge in [0.05, 0.1) is 6.04 Å². The molecule has 1 amide bonds. The van der Waals surface area contributed by atoms with Gasteiger partial charge in [-0.15, -0.1) is 11.8 Å². The van der Waals surface area contributed by atoms with Crippen molar-refractivity contribution in [3.63, 3.8) is 0 Å². The van der Waals surface area contributed by atoms with Gasteiger partial charge in [-0.3, -0.25) is 4.79 Å². The molecule has 0 saturated carbocycles. The molecule has 0 unspecified atom stereocenters. The highest BCUT2D eigenvalue weighted by molar-refractivity contribution is 7.98. The van der Waals surface area contributed by atoms with Gasteiger partial charge in [0.1, 0.15) is 0 Å². The van der Waals surface area contributed by atoms with Gasteiger partial charge in [-0.25, -0.2) is 0 Å². The Morgan fingerprint density at radius 1 is 1.37 bits per heavy atom. The minimum atomic E-state index is -0.365. The van der Waals surface area contributed by atoms with Gasteiger partial charge >= 0.3 is 0 Å². The number of carbonyl (C=O) groups excluding carboxylic acids is 1. The van der Waals surface area contributed by atoms with Crippen molar-refractivity contribution in [2.75, 3.05) is 13.3 Å². The van der Waals surface area contributed by atoms with E-state index < -0.39 is 0 Å². The van der Waals surface area contributed by atoms with Gasteiger partial charge in [-0.2, -0.15) is 0 Å². The largest absolute Gasteiger partial charge is 0.340 e. The second-order valence-corrected chi connectivity index (χ2v) is 5.67. The molecule has 0 aliphatic carbocycles. The number of thioether (sulfide) groups is 1. The van der Waals surface area contributed by atoms with Crippen molar-refractivity contribution in [1.29, 1.82) is 0 Å². The Morgan fingerprint density at radius 2 is 2.00 bits per heavy atom. The van der Waals surface area contributed by atoms with Crippen LogP contribution in [0.1, 0.15) is 31.7 Å². The first-order chi connectivity index (χ1) is 9.08. The van der Waals surface area contributed by atoms with Crippen molar-refractivity contribution in [2.24, 2.45) is 5.73 Å². The zero-order valence-electron chi connectivity index (χ0n) is 12.1. The van der Waals surface area contributed by atoms with Crippen LogP contribution >= 0.6 is 11.8 Å². The van der Waals surface area contributed by atoms with E-state index in [9.17, 15) is 4.79 Å². The third-order valence-corrected chi connectivity index (χ3v) is 3.88. The van der Waals surface area contributed by atoms with Crippen molar-refractivity contribution < 1.29 is 4.79 Å². The van der Waals surface area contributed by atoms with E-state index in [1.54, 1.807) is 16.7 Å². The van der Waals surface area contributed by atoms with Crippen LogP contribution in [0.4, 0.5) is 0 Å². The second-order valence-electron chi connectivity index (χ2n) is 4.79. The van der Waals surface area contributed by atoms with Crippen LogP contribution in [-0.4, -0.2) is 30.2 Å². The van der Waals surface area contributed by atoms with Gasteiger partial charge in [0.2, 0.25) is 5.91 Å². The molecule has 1 aromatic rings. The minimum absolute atomic E-state index is 0.0300. The molecule has 4 heteroatoms. The lowest BCUT2D eigenvalue weighted by molar-refractivity contribution is -0.132. The van der Waals surface area contributed by atoms with Crippen LogP contribution in [0.15, 0.2) is 29.2 Å². The van der Waals surface area contributed by atoms with Crippen molar-refractivity contribution in [2.45, 2.75) is 43.7 Å². The number of unbranched alkanes of at least 4 members (excludes halogenated alkanes) is 1. The summed E-state index contributed by atoms with van der Waals surface area (Å²) in [4.78, 5) is 15.0. The summed E-state index contributed by atoms with van der Waals surface area (Å²) >= 11 is 1.72. The SMILES string of the molecule is CCCC[C@H](N)C(=O)N(C)Cc1ccc(SC)cc1. The van der Waals surface area contributed by atoms with Crippen LogP contribution in [0, 0.1) is 0 Å². The predicted molar refractivity (Wildman–Crippen MR) is 82.2 cm³/mol. The summed E-state index contributed by atoms with van der Waals surface area (Å²) in [7, 11) is 1.82. The van der Waals surface area contributed by atoms with Gasteiger partial charge in [-0.1, -0.05) is 31.9 Å². The van der Waals surface area contributed by atoms with E-state index in [0.717, 1.165) is 24.8 Å². The van der Waals surface area contributed by atoms with Crippen molar-refractivity contribution in [1.82, 2.24) is 4.90 Å². The zero-order valence-corrected chi connectivity index (χ0v) is 12.9. The number of carbonyl (C=O) groups is 1. The molecular weight excluding hydrogens is 256 g/mol. The molecule has 0 fully saturated rings. The number of likely N-dealkylation sites (N-methyl/N-ethyl adjacent to an activating group) is 1. The monoisotopic (exact) mass is 280 g/mol. The molecular formula is C15H24N2OS. The summed E-state index contributed by atoms with van der Waals surface area (Å²) in [6.07, 6.45) is 4.90. The predicted octanol–water partition coefficient (Wildman–Crippen LogP) is 2.88. The molecule has 1 aromatic carbocycles. The molecule has 0 heterocycles. The highest BCUT2D eigenvalue weighted by atomic mass is 32.2. The van der Waals surface area contributed by atoms with Crippen molar-refractivity contribution in [3.05, 3.63) is 29.8 Å². The summed E-state index contributed by atoms with van der Waals surface area (Å²) in [5.74, 6) is 0.0300. The van der Waals surface area contributed by atoms with Crippen LogP contribution in [0.5, 0.6) is 0 Å². The Morgan fingerprint density at radius 3 is 2.53 bits per heavy atom. The van der Waals surface area contributed by atoms with Crippen LogP contribution in [-0.2, 0) is 11.3 Å². The summed E-state index contributed by atoms with van der Waals surface area (Å²) in [5.41, 5.74) is 7.04. The normalized spacial score (nSPS) is 12.2. The van der Waals surface area contributed by atoms with Crippen molar-refractivity contribution in [3.8, 4) is 0 Å². The lowest BCUT2D eigenvalue weighted by atomic mass is 10.1. The summed E-state index contributed by atoms with van der Waals surface area (Å²) < 4.78 is 0. The Balaban J connectivity index is 2.52. The van der Waals surface area contributed by atoms with E-state index in [4.69, 9.17) is 5.73 Å². The lowest BCUT2D eigenvalue weighted by Crippen LogP contribution is -2.41. The Hall–Kier alpha value is -1.00. The zero-order chi connectivity index (χ0) is 14.3. The average Bonchev–Trinajstić information content (AvgIpc) is 2.44. The average molecular weight is 280 g/mol. The van der Waals surface area contributed by atoms with Crippen LogP contribution in [0.3, 0.4) is 0 Å². The number of rotatable bonds is 7. The highest BCUT2D eigenvalue weighted by Crippen LogP contribution is 2.15. The molecule has 0 bridgehead atoms. The standard InChI is InChI=1S/C15H24N2OS/c1-4-5-6-14(16)15(18)17(2)11-12-7-9-13(19-3)10-8-12/h7-10,14H,4-6,11,16H2,1-3H3/t14-/m0/s1. The number of hydrogen-bond donors (Lipinski definition) is 1. The minimum Gasteiger partial charge on any atom is -0.340 e. The fourth-order valence-corrected chi connectivity index (χ4v) is 2.32. The summed E-state index contributed by atoms with van der Waals surface area (Å²) in [6, 6.07) is 7.92. The molecule has 1 atom stereocenters. The number of amides is 1. The first-order valence-corrected chi connectivity index (χ1v) is 7.94.